The fraction of sp³-hybridized carbons (Fsp3) is 0.562. The monoisotopic (exact) mass is 580 g/mol. The summed E-state index contributed by atoms with van der Waals surface area (Å²) in [7, 11) is 0. The van der Waals surface area contributed by atoms with E-state index in [0.717, 1.165) is 57.5 Å². The number of aromatic nitrogens is 2. The van der Waals surface area contributed by atoms with Gasteiger partial charge in [0.15, 0.2) is 0 Å². The number of piperidine rings is 1. The van der Waals surface area contributed by atoms with E-state index in [1.54, 1.807) is 18.2 Å². The number of rotatable bonds is 17. The number of likely N-dealkylation sites (tertiary alicyclic amines) is 1. The van der Waals surface area contributed by atoms with Crippen LogP contribution >= 0.6 is 0 Å². The van der Waals surface area contributed by atoms with Crippen LogP contribution in [-0.4, -0.2) is 77.5 Å². The average Bonchev–Trinajstić information content (AvgIpc) is 3.39. The minimum atomic E-state index is -0.671. The third kappa shape index (κ3) is 10.1. The first kappa shape index (κ1) is 31.4. The number of aromatic amines is 2. The minimum absolute atomic E-state index is 0.0758. The summed E-state index contributed by atoms with van der Waals surface area (Å²) >= 11 is 0. The van der Waals surface area contributed by atoms with E-state index in [-0.39, 0.29) is 18.3 Å². The fourth-order valence-corrected chi connectivity index (χ4v) is 5.34. The van der Waals surface area contributed by atoms with Crippen molar-refractivity contribution in [3.05, 3.63) is 58.5 Å². The first-order valence-corrected chi connectivity index (χ1v) is 15.6. The number of urea groups is 1. The number of aliphatic hydroxyl groups excluding tert-OH is 1. The highest BCUT2D eigenvalue weighted by molar-refractivity contribution is 5.81. The summed E-state index contributed by atoms with van der Waals surface area (Å²) in [6.45, 7) is 5.84. The van der Waals surface area contributed by atoms with E-state index in [9.17, 15) is 14.7 Å². The summed E-state index contributed by atoms with van der Waals surface area (Å²) in [6, 6.07) is 14.3. The Bertz CT molecular complexity index is 1270. The molecule has 0 bridgehead atoms. The number of aliphatic hydroxyl groups is 1. The van der Waals surface area contributed by atoms with Gasteiger partial charge in [-0.15, -0.1) is 0 Å². The molecular weight excluding hydrogens is 532 g/mol. The van der Waals surface area contributed by atoms with Crippen molar-refractivity contribution in [2.45, 2.75) is 76.9 Å². The molecule has 0 saturated carbocycles. The van der Waals surface area contributed by atoms with E-state index in [0.29, 0.717) is 29.4 Å². The van der Waals surface area contributed by atoms with Gasteiger partial charge in [0.2, 0.25) is 0 Å². The molecule has 10 heteroatoms. The number of nitrogens with one attached hydrogen (secondary N) is 5. The number of hydrogen-bond acceptors (Lipinski definition) is 6. The lowest BCUT2D eigenvalue weighted by Gasteiger charge is -2.33. The number of imidazole rings is 1. The van der Waals surface area contributed by atoms with E-state index < -0.39 is 6.10 Å². The van der Waals surface area contributed by atoms with Crippen LogP contribution < -0.4 is 26.4 Å². The van der Waals surface area contributed by atoms with Crippen LogP contribution in [0.15, 0.2) is 47.3 Å². The molecule has 1 aliphatic rings. The Morgan fingerprint density at radius 1 is 1.02 bits per heavy atom. The van der Waals surface area contributed by atoms with Crippen molar-refractivity contribution >= 4 is 22.8 Å². The summed E-state index contributed by atoms with van der Waals surface area (Å²) < 4.78 is 5.73. The molecule has 10 nitrogen and oxygen atoms in total. The third-order valence-corrected chi connectivity index (χ3v) is 7.83. The normalized spacial score (nSPS) is 14.7. The number of para-hydroxylation sites is 1. The zero-order valence-corrected chi connectivity index (χ0v) is 24.9. The zero-order chi connectivity index (χ0) is 29.6. The SMILES string of the molecule is CCCCCCCCNC(=O)N1CCC(Nc2ccc(CCNC[C@H](O)COc3cccc4[nH]c(=O)[nH]c34)cc2)CC1. The number of hydrogen-bond donors (Lipinski definition) is 6. The lowest BCUT2D eigenvalue weighted by Crippen LogP contribution is -2.47. The molecule has 0 unspecified atom stereocenters. The van der Waals surface area contributed by atoms with Crippen LogP contribution in [0, 0.1) is 0 Å². The van der Waals surface area contributed by atoms with E-state index >= 15 is 0 Å². The molecule has 1 fully saturated rings. The van der Waals surface area contributed by atoms with Crippen molar-refractivity contribution < 1.29 is 14.6 Å². The number of carbonyl (C=O) groups is 1. The van der Waals surface area contributed by atoms with Gasteiger partial charge >= 0.3 is 11.7 Å². The number of benzene rings is 2. The molecule has 2 heterocycles. The Hall–Kier alpha value is -3.50. The summed E-state index contributed by atoms with van der Waals surface area (Å²) in [5, 5.41) is 20.3. The molecule has 1 saturated heterocycles. The summed E-state index contributed by atoms with van der Waals surface area (Å²) in [5.41, 5.74) is 3.32. The highest BCUT2D eigenvalue weighted by atomic mass is 16.5. The van der Waals surface area contributed by atoms with E-state index in [2.05, 4.69) is 57.1 Å². The average molecular weight is 581 g/mol. The van der Waals surface area contributed by atoms with Gasteiger partial charge in [-0.1, -0.05) is 57.2 Å². The predicted octanol–water partition coefficient (Wildman–Crippen LogP) is 4.37. The molecule has 0 radical (unpaired) electrons. The smallest absolute Gasteiger partial charge is 0.323 e. The van der Waals surface area contributed by atoms with E-state index in [1.807, 2.05) is 4.90 Å². The first-order valence-electron chi connectivity index (χ1n) is 15.6. The predicted molar refractivity (Wildman–Crippen MR) is 168 cm³/mol. The van der Waals surface area contributed by atoms with E-state index in [4.69, 9.17) is 4.74 Å². The van der Waals surface area contributed by atoms with Gasteiger partial charge in [-0.05, 0) is 62.1 Å². The Kier molecular flexibility index (Phi) is 12.6. The molecule has 230 valence electrons. The Labute approximate surface area is 248 Å². The second-order valence-electron chi connectivity index (χ2n) is 11.3. The number of H-pyrrole nitrogens is 2. The van der Waals surface area contributed by atoms with Crippen molar-refractivity contribution in [1.29, 1.82) is 0 Å². The van der Waals surface area contributed by atoms with Crippen LogP contribution in [-0.2, 0) is 6.42 Å². The number of anilines is 1. The maximum atomic E-state index is 12.5. The standard InChI is InChI=1S/C32H48N6O4/c1-2-3-4-5-6-7-18-34-32(41)38-20-16-26(17-21-38)35-25-13-11-24(12-14-25)15-19-33-22-27(39)23-42-29-10-8-9-28-30(29)37-31(40)36-28/h8-14,26-27,33,35,39H,2-7,15-23H2,1H3,(H,34,41)(H2,36,37,40)/t27-/m0/s1. The largest absolute Gasteiger partial charge is 0.489 e. The lowest BCUT2D eigenvalue weighted by atomic mass is 10.0. The topological polar surface area (TPSA) is 135 Å². The molecule has 42 heavy (non-hydrogen) atoms. The van der Waals surface area contributed by atoms with Crippen LogP contribution in [0.5, 0.6) is 5.75 Å². The number of nitrogens with zero attached hydrogens (tertiary/aromatic N) is 1. The molecule has 3 aromatic rings. The molecule has 6 N–H and O–H groups in total. The number of carbonyl (C=O) groups excluding carboxylic acids is 1. The molecule has 1 atom stereocenters. The molecule has 2 aromatic carbocycles. The van der Waals surface area contributed by atoms with Crippen molar-refractivity contribution in [1.82, 2.24) is 25.5 Å². The van der Waals surface area contributed by atoms with Crippen LogP contribution in [0.2, 0.25) is 0 Å². The number of fused-ring (bicyclic) bond motifs is 1. The van der Waals surface area contributed by atoms with Crippen LogP contribution in [0.25, 0.3) is 11.0 Å². The van der Waals surface area contributed by atoms with Gasteiger partial charge in [0.25, 0.3) is 0 Å². The van der Waals surface area contributed by atoms with Gasteiger partial charge in [0.1, 0.15) is 24.0 Å². The van der Waals surface area contributed by atoms with Crippen LogP contribution in [0.4, 0.5) is 10.5 Å². The lowest BCUT2D eigenvalue weighted by molar-refractivity contribution is 0.107. The summed E-state index contributed by atoms with van der Waals surface area (Å²) in [6.07, 6.45) is 9.45. The van der Waals surface area contributed by atoms with Crippen LogP contribution in [0.3, 0.4) is 0 Å². The highest BCUT2D eigenvalue weighted by Crippen LogP contribution is 2.21. The number of amides is 2. The molecule has 0 spiro atoms. The van der Waals surface area contributed by atoms with Gasteiger partial charge in [0.05, 0.1) is 5.52 Å². The maximum absolute atomic E-state index is 12.5. The van der Waals surface area contributed by atoms with Crippen molar-refractivity contribution in [3.8, 4) is 5.75 Å². The minimum Gasteiger partial charge on any atom is -0.489 e. The zero-order valence-electron chi connectivity index (χ0n) is 24.9. The summed E-state index contributed by atoms with van der Waals surface area (Å²) in [4.78, 5) is 31.4. The molecule has 4 rings (SSSR count). The molecule has 0 aliphatic carbocycles. The number of unbranched alkanes of at least 4 members (excludes halogenated alkanes) is 5. The molecule has 2 amide bonds. The second kappa shape index (κ2) is 16.8. The van der Waals surface area contributed by atoms with Crippen LogP contribution in [0.1, 0.15) is 63.9 Å². The molecular formula is C32H48N6O4. The Morgan fingerprint density at radius 3 is 2.57 bits per heavy atom. The van der Waals surface area contributed by atoms with Crippen molar-refractivity contribution in [3.63, 3.8) is 0 Å². The molecule has 1 aliphatic heterocycles. The summed E-state index contributed by atoms with van der Waals surface area (Å²) in [5.74, 6) is 0.536. The van der Waals surface area contributed by atoms with Gasteiger partial charge in [0, 0.05) is 37.9 Å². The third-order valence-electron chi connectivity index (χ3n) is 7.83. The van der Waals surface area contributed by atoms with Gasteiger partial charge in [-0.25, -0.2) is 9.59 Å². The van der Waals surface area contributed by atoms with Gasteiger partial charge in [-0.3, -0.25) is 0 Å². The van der Waals surface area contributed by atoms with Crippen molar-refractivity contribution in [2.75, 3.05) is 44.6 Å². The van der Waals surface area contributed by atoms with Gasteiger partial charge in [-0.2, -0.15) is 0 Å². The Balaban J connectivity index is 1.06. The van der Waals surface area contributed by atoms with Crippen molar-refractivity contribution in [2.24, 2.45) is 0 Å². The molecule has 1 aromatic heterocycles. The highest BCUT2D eigenvalue weighted by Gasteiger charge is 2.22. The quantitative estimate of drug-likeness (QED) is 0.131. The van der Waals surface area contributed by atoms with E-state index in [1.165, 1.54) is 37.7 Å². The number of ether oxygens (including phenoxy) is 1. The fourth-order valence-electron chi connectivity index (χ4n) is 5.34. The first-order chi connectivity index (χ1) is 20.5. The Morgan fingerprint density at radius 2 is 1.79 bits per heavy atom. The second-order valence-corrected chi connectivity index (χ2v) is 11.3. The van der Waals surface area contributed by atoms with Gasteiger partial charge < -0.3 is 40.7 Å². The maximum Gasteiger partial charge on any atom is 0.323 e.